The average molecular weight is 391 g/mol. The number of aliphatic hydroxyl groups is 1. The van der Waals surface area contributed by atoms with Gasteiger partial charge in [-0.3, -0.25) is 4.79 Å². The van der Waals surface area contributed by atoms with E-state index < -0.39 is 24.5 Å². The van der Waals surface area contributed by atoms with Gasteiger partial charge in [-0.05, 0) is 19.8 Å². The molecule has 1 aliphatic heterocycles. The zero-order valence-electron chi connectivity index (χ0n) is 16.0. The molecule has 0 bridgehead atoms. The van der Waals surface area contributed by atoms with Crippen LogP contribution in [0.25, 0.3) is 11.0 Å². The number of methoxy groups -OCH3 is 1. The van der Waals surface area contributed by atoms with Crippen LogP contribution in [-0.4, -0.2) is 70.8 Å². The van der Waals surface area contributed by atoms with Gasteiger partial charge in [-0.1, -0.05) is 0 Å². The molecule has 3 N–H and O–H groups in total. The fourth-order valence-electron chi connectivity index (χ4n) is 3.19. The van der Waals surface area contributed by atoms with Crippen molar-refractivity contribution in [3.8, 4) is 0 Å². The lowest BCUT2D eigenvalue weighted by Gasteiger charge is -2.25. The summed E-state index contributed by atoms with van der Waals surface area (Å²) in [6.07, 6.45) is 4.76. The Hall–Kier alpha value is -2.72. The first kappa shape index (κ1) is 20.0. The molecule has 3 rings (SSSR count). The molecule has 1 aliphatic rings. The van der Waals surface area contributed by atoms with E-state index in [1.807, 2.05) is 6.92 Å². The largest absolute Gasteiger partial charge is 0.467 e. The summed E-state index contributed by atoms with van der Waals surface area (Å²) in [7, 11) is 1.20. The molecule has 2 aromatic heterocycles. The quantitative estimate of drug-likeness (QED) is 0.575. The fourth-order valence-corrected chi connectivity index (χ4v) is 3.19. The first-order chi connectivity index (χ1) is 13.6. The number of fused-ring (bicyclic) bond motifs is 1. The molecule has 0 spiro atoms. The van der Waals surface area contributed by atoms with Crippen LogP contribution in [0.3, 0.4) is 0 Å². The second-order valence-corrected chi connectivity index (χ2v) is 6.51. The Morgan fingerprint density at radius 3 is 2.79 bits per heavy atom. The number of ether oxygens (including phenoxy) is 2. The zero-order chi connectivity index (χ0) is 20.1. The number of nitrogens with zero attached hydrogens (tertiary/aromatic N) is 3. The molecule has 10 heteroatoms. The summed E-state index contributed by atoms with van der Waals surface area (Å²) in [5.41, 5.74) is 1.55. The number of hydrogen-bond acceptors (Lipinski definition) is 8. The van der Waals surface area contributed by atoms with E-state index in [4.69, 9.17) is 4.74 Å². The number of carbonyl (C=O) groups excluding carboxylic acids is 2. The number of anilines is 1. The van der Waals surface area contributed by atoms with Crippen LogP contribution in [0.5, 0.6) is 0 Å². The summed E-state index contributed by atoms with van der Waals surface area (Å²) in [6.45, 7) is 3.34. The second kappa shape index (κ2) is 8.98. The third kappa shape index (κ3) is 4.07. The standard InChI is InChI=1S/C18H25N5O5/c1-3-23-16-12(9-20-23)15(21-11-4-6-28-7-5-11)13(8-19-16)17(25)22-14(10-24)18(26)27-2/h8-9,11,14,24H,3-7,10H2,1-2H3,(H,19,21)(H,22,25)/t14-/m0/s1. The van der Waals surface area contributed by atoms with Gasteiger partial charge < -0.3 is 25.2 Å². The summed E-state index contributed by atoms with van der Waals surface area (Å²) in [4.78, 5) is 28.9. The van der Waals surface area contributed by atoms with E-state index in [0.717, 1.165) is 18.2 Å². The minimum Gasteiger partial charge on any atom is -0.467 e. The fraction of sp³-hybridized carbons (Fsp3) is 0.556. The van der Waals surface area contributed by atoms with Crippen molar-refractivity contribution in [2.24, 2.45) is 0 Å². The van der Waals surface area contributed by atoms with Crippen molar-refractivity contribution in [1.82, 2.24) is 20.1 Å². The van der Waals surface area contributed by atoms with Gasteiger partial charge in [-0.25, -0.2) is 14.5 Å². The van der Waals surface area contributed by atoms with Crippen LogP contribution in [0.2, 0.25) is 0 Å². The molecule has 0 saturated carbocycles. The number of rotatable bonds is 7. The average Bonchev–Trinajstić information content (AvgIpc) is 3.16. The molecule has 1 atom stereocenters. The van der Waals surface area contributed by atoms with Crippen molar-refractivity contribution < 1.29 is 24.2 Å². The van der Waals surface area contributed by atoms with Crippen molar-refractivity contribution in [2.75, 3.05) is 32.2 Å². The Labute approximate surface area is 162 Å². The number of amides is 1. The Morgan fingerprint density at radius 2 is 2.14 bits per heavy atom. The highest BCUT2D eigenvalue weighted by Crippen LogP contribution is 2.28. The Morgan fingerprint density at radius 1 is 1.39 bits per heavy atom. The number of aliphatic hydroxyl groups excluding tert-OH is 1. The summed E-state index contributed by atoms with van der Waals surface area (Å²) < 4.78 is 11.8. The summed E-state index contributed by atoms with van der Waals surface area (Å²) >= 11 is 0. The van der Waals surface area contributed by atoms with E-state index in [1.165, 1.54) is 13.3 Å². The van der Waals surface area contributed by atoms with Crippen LogP contribution in [-0.2, 0) is 20.8 Å². The molecule has 3 heterocycles. The Bertz CT molecular complexity index is 846. The first-order valence-electron chi connectivity index (χ1n) is 9.27. The SMILES string of the molecule is CCn1ncc2c(NC3CCOCC3)c(C(=O)N[C@@H](CO)C(=O)OC)cnc21. The lowest BCUT2D eigenvalue weighted by molar-refractivity contribution is -0.143. The maximum absolute atomic E-state index is 12.9. The Balaban J connectivity index is 1.96. The van der Waals surface area contributed by atoms with Gasteiger partial charge >= 0.3 is 5.97 Å². The summed E-state index contributed by atoms with van der Waals surface area (Å²) in [5, 5.41) is 20.4. The van der Waals surface area contributed by atoms with Crippen molar-refractivity contribution in [3.63, 3.8) is 0 Å². The van der Waals surface area contributed by atoms with Gasteiger partial charge in [0.2, 0.25) is 0 Å². The summed E-state index contributed by atoms with van der Waals surface area (Å²) in [5.74, 6) is -1.25. The number of pyridine rings is 1. The van der Waals surface area contributed by atoms with Crippen LogP contribution in [0, 0.1) is 0 Å². The number of esters is 1. The molecule has 1 saturated heterocycles. The molecule has 0 unspecified atom stereocenters. The van der Waals surface area contributed by atoms with Gasteiger partial charge in [-0.15, -0.1) is 0 Å². The number of aromatic nitrogens is 3. The molecule has 2 aromatic rings. The number of nitrogens with one attached hydrogen (secondary N) is 2. The van der Waals surface area contributed by atoms with Gasteiger partial charge in [0.25, 0.3) is 5.91 Å². The van der Waals surface area contributed by atoms with Crippen LogP contribution in [0.1, 0.15) is 30.1 Å². The molecular formula is C18H25N5O5. The minimum absolute atomic E-state index is 0.144. The molecule has 1 amide bonds. The van der Waals surface area contributed by atoms with E-state index in [2.05, 4.69) is 25.5 Å². The van der Waals surface area contributed by atoms with Crippen LogP contribution in [0.15, 0.2) is 12.4 Å². The number of aryl methyl sites for hydroxylation is 1. The maximum atomic E-state index is 12.9. The van der Waals surface area contributed by atoms with Gasteiger partial charge in [0.1, 0.15) is 0 Å². The lowest BCUT2D eigenvalue weighted by Crippen LogP contribution is -2.44. The molecule has 28 heavy (non-hydrogen) atoms. The third-order valence-electron chi connectivity index (χ3n) is 4.75. The first-order valence-corrected chi connectivity index (χ1v) is 9.27. The van der Waals surface area contributed by atoms with Gasteiger partial charge in [0.15, 0.2) is 11.7 Å². The normalized spacial score (nSPS) is 16.0. The lowest BCUT2D eigenvalue weighted by atomic mass is 10.1. The molecule has 1 fully saturated rings. The van der Waals surface area contributed by atoms with Gasteiger partial charge in [-0.2, -0.15) is 5.10 Å². The number of carbonyl (C=O) groups is 2. The van der Waals surface area contributed by atoms with Crippen molar-refractivity contribution >= 4 is 28.6 Å². The predicted octanol–water partition coefficient (Wildman–Crippen LogP) is 0.306. The molecule has 0 radical (unpaired) electrons. The van der Waals surface area contributed by atoms with Crippen LogP contribution in [0.4, 0.5) is 5.69 Å². The highest BCUT2D eigenvalue weighted by Gasteiger charge is 2.26. The summed E-state index contributed by atoms with van der Waals surface area (Å²) in [6, 6.07) is -1.01. The molecule has 10 nitrogen and oxygen atoms in total. The highest BCUT2D eigenvalue weighted by atomic mass is 16.5. The zero-order valence-corrected chi connectivity index (χ0v) is 16.0. The maximum Gasteiger partial charge on any atom is 0.330 e. The van der Waals surface area contributed by atoms with E-state index in [9.17, 15) is 14.7 Å². The minimum atomic E-state index is -1.15. The van der Waals surface area contributed by atoms with Gasteiger partial charge in [0.05, 0.1) is 36.6 Å². The number of hydrogen-bond donors (Lipinski definition) is 3. The molecule has 0 aromatic carbocycles. The third-order valence-corrected chi connectivity index (χ3v) is 4.75. The highest BCUT2D eigenvalue weighted by molar-refractivity contribution is 6.07. The van der Waals surface area contributed by atoms with Crippen LogP contribution < -0.4 is 10.6 Å². The monoisotopic (exact) mass is 391 g/mol. The Kier molecular flexibility index (Phi) is 6.42. The molecule has 0 aliphatic carbocycles. The van der Waals surface area contributed by atoms with Crippen molar-refractivity contribution in [3.05, 3.63) is 18.0 Å². The van der Waals surface area contributed by atoms with Crippen molar-refractivity contribution in [2.45, 2.75) is 38.4 Å². The van der Waals surface area contributed by atoms with E-state index >= 15 is 0 Å². The smallest absolute Gasteiger partial charge is 0.330 e. The van der Waals surface area contributed by atoms with E-state index in [1.54, 1.807) is 10.9 Å². The topological polar surface area (TPSA) is 128 Å². The van der Waals surface area contributed by atoms with E-state index in [-0.39, 0.29) is 11.6 Å². The van der Waals surface area contributed by atoms with E-state index in [0.29, 0.717) is 31.1 Å². The van der Waals surface area contributed by atoms with Crippen molar-refractivity contribution in [1.29, 1.82) is 0 Å². The van der Waals surface area contributed by atoms with Gasteiger partial charge in [0, 0.05) is 32.0 Å². The molecular weight excluding hydrogens is 366 g/mol. The molecule has 152 valence electrons. The predicted molar refractivity (Wildman–Crippen MR) is 101 cm³/mol. The van der Waals surface area contributed by atoms with Crippen LogP contribution >= 0.6 is 0 Å². The second-order valence-electron chi connectivity index (χ2n) is 6.51.